The number of imidazole rings is 1. The van der Waals surface area contributed by atoms with Crippen LogP contribution in [0.1, 0.15) is 5.69 Å². The lowest BCUT2D eigenvalue weighted by Crippen LogP contribution is -2.48. The molecule has 20 heavy (non-hydrogen) atoms. The van der Waals surface area contributed by atoms with Crippen molar-refractivity contribution in [3.8, 4) is 0 Å². The van der Waals surface area contributed by atoms with Crippen LogP contribution in [-0.4, -0.2) is 56.9 Å². The van der Waals surface area contributed by atoms with Crippen molar-refractivity contribution >= 4 is 17.8 Å². The van der Waals surface area contributed by atoms with Gasteiger partial charge < -0.3 is 15.4 Å². The number of carboxylic acids is 1. The second kappa shape index (κ2) is 4.71. The number of fused-ring (bicyclic) bond motifs is 1. The summed E-state index contributed by atoms with van der Waals surface area (Å²) >= 11 is 0. The Labute approximate surface area is 114 Å². The molecule has 3 rings (SSSR count). The van der Waals surface area contributed by atoms with Crippen LogP contribution in [0, 0.1) is 11.8 Å². The van der Waals surface area contributed by atoms with E-state index in [0.717, 1.165) is 4.90 Å². The number of aromatic amines is 1. The Hall–Kier alpha value is -2.22. The van der Waals surface area contributed by atoms with Gasteiger partial charge in [-0.25, -0.2) is 9.78 Å². The average Bonchev–Trinajstić information content (AvgIpc) is 3.10. The highest BCUT2D eigenvalue weighted by molar-refractivity contribution is 6.08. The monoisotopic (exact) mass is 278 g/mol. The maximum Gasteiger partial charge on any atom is 0.327 e. The Morgan fingerprint density at radius 1 is 1.40 bits per heavy atom. The summed E-state index contributed by atoms with van der Waals surface area (Å²) in [6, 6.07) is -1.18. The number of rotatable bonds is 4. The van der Waals surface area contributed by atoms with Gasteiger partial charge >= 0.3 is 5.97 Å². The topological polar surface area (TPSA) is 115 Å². The van der Waals surface area contributed by atoms with Gasteiger partial charge in [0.2, 0.25) is 11.8 Å². The van der Waals surface area contributed by atoms with E-state index in [1.165, 1.54) is 12.5 Å². The van der Waals surface area contributed by atoms with Crippen molar-refractivity contribution in [1.82, 2.24) is 20.2 Å². The molecule has 8 heteroatoms. The molecule has 0 spiro atoms. The van der Waals surface area contributed by atoms with E-state index in [2.05, 4.69) is 15.3 Å². The molecule has 1 aromatic heterocycles. The molecule has 3 atom stereocenters. The number of carbonyl (C=O) groups is 3. The fourth-order valence-corrected chi connectivity index (χ4v) is 2.86. The number of aromatic nitrogens is 2. The van der Waals surface area contributed by atoms with Crippen molar-refractivity contribution < 1.29 is 19.5 Å². The Balaban J connectivity index is 1.86. The van der Waals surface area contributed by atoms with Gasteiger partial charge in [-0.2, -0.15) is 0 Å². The SMILES string of the molecule is O=C(O)[C@H](Cc1cnc[nH]1)N1C(=O)C2CNCC2C1=O. The molecule has 2 saturated heterocycles. The molecule has 2 amide bonds. The maximum absolute atomic E-state index is 12.2. The molecule has 3 N–H and O–H groups in total. The second-order valence-electron chi connectivity index (χ2n) is 5.05. The van der Waals surface area contributed by atoms with Gasteiger partial charge in [-0.3, -0.25) is 14.5 Å². The van der Waals surface area contributed by atoms with Crippen LogP contribution in [0.3, 0.4) is 0 Å². The average molecular weight is 278 g/mol. The number of aliphatic carboxylic acids is 1. The largest absolute Gasteiger partial charge is 0.480 e. The fraction of sp³-hybridized carbons (Fsp3) is 0.500. The number of likely N-dealkylation sites (tertiary alicyclic amines) is 1. The minimum absolute atomic E-state index is 0.0414. The van der Waals surface area contributed by atoms with Crippen LogP contribution in [-0.2, 0) is 20.8 Å². The highest BCUT2D eigenvalue weighted by atomic mass is 16.4. The molecular formula is C12H14N4O4. The summed E-state index contributed by atoms with van der Waals surface area (Å²) < 4.78 is 0. The van der Waals surface area contributed by atoms with Crippen molar-refractivity contribution in [2.24, 2.45) is 11.8 Å². The quantitative estimate of drug-likeness (QED) is 0.584. The molecule has 2 fully saturated rings. The minimum Gasteiger partial charge on any atom is -0.480 e. The summed E-state index contributed by atoms with van der Waals surface area (Å²) in [6.07, 6.45) is 2.96. The van der Waals surface area contributed by atoms with Gasteiger partial charge in [-0.1, -0.05) is 0 Å². The molecule has 8 nitrogen and oxygen atoms in total. The van der Waals surface area contributed by atoms with E-state index < -0.39 is 35.7 Å². The Morgan fingerprint density at radius 2 is 2.05 bits per heavy atom. The molecule has 106 valence electrons. The molecule has 2 unspecified atom stereocenters. The first-order valence-corrected chi connectivity index (χ1v) is 6.37. The summed E-state index contributed by atoms with van der Waals surface area (Å²) in [6.45, 7) is 0.865. The van der Waals surface area contributed by atoms with Crippen molar-refractivity contribution in [3.63, 3.8) is 0 Å². The molecule has 2 aliphatic heterocycles. The highest BCUT2D eigenvalue weighted by Gasteiger charge is 2.53. The zero-order valence-corrected chi connectivity index (χ0v) is 10.6. The van der Waals surface area contributed by atoms with E-state index in [-0.39, 0.29) is 6.42 Å². The van der Waals surface area contributed by atoms with E-state index in [1.807, 2.05) is 0 Å². The zero-order chi connectivity index (χ0) is 14.3. The van der Waals surface area contributed by atoms with Gasteiger partial charge in [0, 0.05) is 31.4 Å². The van der Waals surface area contributed by atoms with Gasteiger partial charge in [0.15, 0.2) is 0 Å². The van der Waals surface area contributed by atoms with Crippen LogP contribution < -0.4 is 5.32 Å². The van der Waals surface area contributed by atoms with Crippen molar-refractivity contribution in [1.29, 1.82) is 0 Å². The van der Waals surface area contributed by atoms with E-state index in [0.29, 0.717) is 18.8 Å². The number of hydrogen-bond acceptors (Lipinski definition) is 5. The number of carbonyl (C=O) groups excluding carboxylic acids is 2. The Kier molecular flexibility index (Phi) is 3.01. The Bertz CT molecular complexity index is 534. The standard InChI is InChI=1S/C12H14N4O4/c17-10-7-3-13-4-8(7)11(18)16(10)9(12(19)20)1-6-2-14-5-15-6/h2,5,7-9,13H,1,3-4H2,(H,14,15)(H,19,20)/t7?,8?,9-/m0/s1. The number of H-pyrrole nitrogens is 1. The number of imide groups is 1. The van der Waals surface area contributed by atoms with Gasteiger partial charge in [0.05, 0.1) is 18.2 Å². The first-order valence-electron chi connectivity index (χ1n) is 6.37. The molecular weight excluding hydrogens is 264 g/mol. The van der Waals surface area contributed by atoms with Crippen LogP contribution in [0.4, 0.5) is 0 Å². The van der Waals surface area contributed by atoms with Crippen molar-refractivity contribution in [2.75, 3.05) is 13.1 Å². The predicted molar refractivity (Wildman–Crippen MR) is 65.4 cm³/mol. The molecule has 1 aromatic rings. The number of carboxylic acid groups (broad SMARTS) is 1. The van der Waals surface area contributed by atoms with Crippen LogP contribution >= 0.6 is 0 Å². The highest BCUT2D eigenvalue weighted by Crippen LogP contribution is 2.31. The maximum atomic E-state index is 12.2. The third-order valence-corrected chi connectivity index (χ3v) is 3.89. The third kappa shape index (κ3) is 1.88. The summed E-state index contributed by atoms with van der Waals surface area (Å²) in [5.74, 6) is -2.82. The van der Waals surface area contributed by atoms with E-state index in [1.54, 1.807) is 0 Å². The number of nitrogens with one attached hydrogen (secondary N) is 2. The van der Waals surface area contributed by atoms with Gasteiger partial charge in [0.25, 0.3) is 0 Å². The van der Waals surface area contributed by atoms with Crippen LogP contribution in [0.2, 0.25) is 0 Å². The fourth-order valence-electron chi connectivity index (χ4n) is 2.86. The zero-order valence-electron chi connectivity index (χ0n) is 10.6. The van der Waals surface area contributed by atoms with Gasteiger partial charge in [-0.15, -0.1) is 0 Å². The van der Waals surface area contributed by atoms with Gasteiger partial charge in [0.1, 0.15) is 6.04 Å². The Morgan fingerprint density at radius 3 is 2.55 bits per heavy atom. The normalized spacial score (nSPS) is 26.9. The lowest BCUT2D eigenvalue weighted by Gasteiger charge is -2.23. The summed E-state index contributed by atoms with van der Waals surface area (Å²) in [5.41, 5.74) is 0.577. The van der Waals surface area contributed by atoms with E-state index in [9.17, 15) is 19.5 Å². The number of hydrogen-bond donors (Lipinski definition) is 3. The molecule has 0 radical (unpaired) electrons. The molecule has 0 aliphatic carbocycles. The minimum atomic E-state index is -1.19. The molecule has 3 heterocycles. The lowest BCUT2D eigenvalue weighted by atomic mass is 10.00. The first-order chi connectivity index (χ1) is 9.59. The molecule has 2 aliphatic rings. The summed E-state index contributed by atoms with van der Waals surface area (Å²) in [5, 5.41) is 12.3. The summed E-state index contributed by atoms with van der Waals surface area (Å²) in [4.78, 5) is 43.4. The molecule has 0 saturated carbocycles. The summed E-state index contributed by atoms with van der Waals surface area (Å²) in [7, 11) is 0. The molecule has 0 bridgehead atoms. The predicted octanol–water partition coefficient (Wildman–Crippen LogP) is -1.39. The van der Waals surface area contributed by atoms with Crippen LogP contribution in [0.15, 0.2) is 12.5 Å². The van der Waals surface area contributed by atoms with Crippen LogP contribution in [0.25, 0.3) is 0 Å². The third-order valence-electron chi connectivity index (χ3n) is 3.89. The smallest absolute Gasteiger partial charge is 0.327 e. The van der Waals surface area contributed by atoms with E-state index in [4.69, 9.17) is 0 Å². The van der Waals surface area contributed by atoms with E-state index >= 15 is 0 Å². The van der Waals surface area contributed by atoms with Crippen molar-refractivity contribution in [3.05, 3.63) is 18.2 Å². The van der Waals surface area contributed by atoms with Crippen LogP contribution in [0.5, 0.6) is 0 Å². The van der Waals surface area contributed by atoms with Gasteiger partial charge in [-0.05, 0) is 0 Å². The number of amides is 2. The lowest BCUT2D eigenvalue weighted by molar-refractivity contribution is -0.155. The number of nitrogens with zero attached hydrogens (tertiary/aromatic N) is 2. The second-order valence-corrected chi connectivity index (χ2v) is 5.05. The first kappa shape index (κ1) is 12.8. The molecule has 0 aromatic carbocycles. The van der Waals surface area contributed by atoms with Crippen molar-refractivity contribution in [2.45, 2.75) is 12.5 Å².